The Balaban J connectivity index is 2.28. The van der Waals surface area contributed by atoms with Crippen LogP contribution in [0.25, 0.3) is 0 Å². The third kappa shape index (κ3) is 1.97. The molecule has 1 aromatic heterocycles. The maximum Gasteiger partial charge on any atom is 0.142 e. The van der Waals surface area contributed by atoms with E-state index >= 15 is 0 Å². The van der Waals surface area contributed by atoms with Gasteiger partial charge in [0.05, 0.1) is 9.50 Å². The van der Waals surface area contributed by atoms with Crippen molar-refractivity contribution in [2.24, 2.45) is 0 Å². The number of hydrogen-bond donors (Lipinski definition) is 0. The highest BCUT2D eigenvalue weighted by molar-refractivity contribution is 9.10. The molecule has 0 saturated heterocycles. The summed E-state index contributed by atoms with van der Waals surface area (Å²) in [5, 5.41) is 0.667. The van der Waals surface area contributed by atoms with Crippen LogP contribution in [0.5, 0.6) is 0 Å². The van der Waals surface area contributed by atoms with Crippen LogP contribution in [0.4, 0.5) is 5.82 Å². The normalized spacial score (nSPS) is 15.9. The van der Waals surface area contributed by atoms with Crippen LogP contribution >= 0.6 is 27.5 Å². The fraction of sp³-hybridized carbons (Fsp3) is 0.444. The van der Waals surface area contributed by atoms with Gasteiger partial charge in [0.1, 0.15) is 5.82 Å². The average Bonchev–Trinajstić information content (AvgIpc) is 2.85. The number of rotatable bonds is 2. The Labute approximate surface area is 91.0 Å². The van der Waals surface area contributed by atoms with Crippen molar-refractivity contribution in [3.63, 3.8) is 0 Å². The monoisotopic (exact) mass is 260 g/mol. The van der Waals surface area contributed by atoms with Gasteiger partial charge < -0.3 is 4.90 Å². The first-order chi connectivity index (χ1) is 6.18. The summed E-state index contributed by atoms with van der Waals surface area (Å²) in [5.41, 5.74) is 0. The van der Waals surface area contributed by atoms with E-state index in [2.05, 4.69) is 32.9 Å². The van der Waals surface area contributed by atoms with Gasteiger partial charge in [-0.15, -0.1) is 0 Å². The number of hydrogen-bond acceptors (Lipinski definition) is 2. The second kappa shape index (κ2) is 3.46. The Morgan fingerprint density at radius 3 is 2.85 bits per heavy atom. The molecule has 1 aliphatic carbocycles. The highest BCUT2D eigenvalue weighted by Crippen LogP contribution is 2.33. The summed E-state index contributed by atoms with van der Waals surface area (Å²) in [6.07, 6.45) is 4.22. The molecule has 13 heavy (non-hydrogen) atoms. The second-order valence-electron chi connectivity index (χ2n) is 3.30. The summed E-state index contributed by atoms with van der Waals surface area (Å²) in [4.78, 5) is 6.48. The topological polar surface area (TPSA) is 16.1 Å². The quantitative estimate of drug-likeness (QED) is 0.813. The van der Waals surface area contributed by atoms with Gasteiger partial charge in [0.2, 0.25) is 0 Å². The van der Waals surface area contributed by atoms with Gasteiger partial charge in [0, 0.05) is 19.3 Å². The summed E-state index contributed by atoms with van der Waals surface area (Å²) in [6, 6.07) is 2.55. The lowest BCUT2D eigenvalue weighted by atomic mass is 10.4. The van der Waals surface area contributed by atoms with Crippen molar-refractivity contribution in [2.45, 2.75) is 18.9 Å². The number of aromatic nitrogens is 1. The summed E-state index contributed by atoms with van der Waals surface area (Å²) in [5.74, 6) is 0.979. The Kier molecular flexibility index (Phi) is 2.47. The smallest absolute Gasteiger partial charge is 0.142 e. The zero-order chi connectivity index (χ0) is 9.42. The van der Waals surface area contributed by atoms with E-state index in [9.17, 15) is 0 Å². The molecule has 0 unspecified atom stereocenters. The first kappa shape index (κ1) is 9.28. The van der Waals surface area contributed by atoms with Crippen molar-refractivity contribution in [1.82, 2.24) is 4.98 Å². The van der Waals surface area contributed by atoms with Crippen molar-refractivity contribution >= 4 is 33.3 Å². The van der Waals surface area contributed by atoms with Gasteiger partial charge in [-0.05, 0) is 34.8 Å². The molecule has 0 radical (unpaired) electrons. The minimum absolute atomic E-state index is 0.667. The molecule has 0 atom stereocenters. The van der Waals surface area contributed by atoms with Crippen molar-refractivity contribution in [3.05, 3.63) is 21.8 Å². The van der Waals surface area contributed by atoms with Gasteiger partial charge in [-0.25, -0.2) is 4.98 Å². The molecule has 1 saturated carbocycles. The van der Waals surface area contributed by atoms with Gasteiger partial charge in [-0.1, -0.05) is 11.6 Å². The van der Waals surface area contributed by atoms with Crippen molar-refractivity contribution in [2.75, 3.05) is 11.9 Å². The summed E-state index contributed by atoms with van der Waals surface area (Å²) < 4.78 is 0.967. The summed E-state index contributed by atoms with van der Waals surface area (Å²) in [6.45, 7) is 0. The molecule has 70 valence electrons. The highest BCUT2D eigenvalue weighted by atomic mass is 79.9. The van der Waals surface area contributed by atoms with Gasteiger partial charge in [-0.3, -0.25) is 0 Å². The molecule has 0 aromatic carbocycles. The second-order valence-corrected chi connectivity index (χ2v) is 4.59. The van der Waals surface area contributed by atoms with E-state index in [0.29, 0.717) is 11.1 Å². The predicted octanol–water partition coefficient (Wildman–Crippen LogP) is 3.10. The van der Waals surface area contributed by atoms with E-state index in [-0.39, 0.29) is 0 Å². The minimum atomic E-state index is 0.667. The van der Waals surface area contributed by atoms with E-state index in [1.54, 1.807) is 6.20 Å². The molecule has 2 rings (SSSR count). The Hall–Kier alpha value is -0.280. The highest BCUT2D eigenvalue weighted by Gasteiger charge is 2.28. The van der Waals surface area contributed by atoms with Crippen LogP contribution in [0.2, 0.25) is 5.02 Å². The van der Waals surface area contributed by atoms with E-state index in [4.69, 9.17) is 11.6 Å². The molecular formula is C9H10BrClN2. The molecule has 0 amide bonds. The number of halogens is 2. The van der Waals surface area contributed by atoms with E-state index in [0.717, 1.165) is 10.3 Å². The molecule has 0 spiro atoms. The molecule has 0 bridgehead atoms. The third-order valence-corrected chi connectivity index (χ3v) is 3.01. The van der Waals surface area contributed by atoms with Gasteiger partial charge in [0.25, 0.3) is 0 Å². The predicted molar refractivity (Wildman–Crippen MR) is 58.4 cm³/mol. The molecule has 1 aromatic rings. The van der Waals surface area contributed by atoms with Crippen LogP contribution in [0.1, 0.15) is 12.8 Å². The Bertz CT molecular complexity index is 325. The lowest BCUT2D eigenvalue weighted by molar-refractivity contribution is 0.888. The summed E-state index contributed by atoms with van der Waals surface area (Å²) >= 11 is 9.26. The van der Waals surface area contributed by atoms with Crippen LogP contribution in [0.3, 0.4) is 0 Å². The third-order valence-electron chi connectivity index (χ3n) is 2.22. The SMILES string of the molecule is CN(c1ncc(Cl)cc1Br)C1CC1. The van der Waals surface area contributed by atoms with Crippen molar-refractivity contribution < 1.29 is 0 Å². The number of nitrogens with zero attached hydrogens (tertiary/aromatic N) is 2. The van der Waals surface area contributed by atoms with Gasteiger partial charge in [0.15, 0.2) is 0 Å². The van der Waals surface area contributed by atoms with E-state index in [1.807, 2.05) is 6.07 Å². The molecule has 1 aliphatic rings. The maximum atomic E-state index is 5.81. The zero-order valence-corrected chi connectivity index (χ0v) is 9.64. The first-order valence-electron chi connectivity index (χ1n) is 4.22. The standard InChI is InChI=1S/C9H10BrClN2/c1-13(7-2-3-7)9-8(10)4-6(11)5-12-9/h4-5,7H,2-3H2,1H3. The molecule has 4 heteroatoms. The van der Waals surface area contributed by atoms with Crippen molar-refractivity contribution in [1.29, 1.82) is 0 Å². The lowest BCUT2D eigenvalue weighted by Crippen LogP contribution is -2.20. The van der Waals surface area contributed by atoms with Crippen LogP contribution in [0.15, 0.2) is 16.7 Å². The number of pyridine rings is 1. The Morgan fingerprint density at radius 2 is 2.31 bits per heavy atom. The molecule has 0 N–H and O–H groups in total. The molecule has 1 fully saturated rings. The van der Waals surface area contributed by atoms with Gasteiger partial charge >= 0.3 is 0 Å². The van der Waals surface area contributed by atoms with Crippen molar-refractivity contribution in [3.8, 4) is 0 Å². The molecule has 2 nitrogen and oxygen atoms in total. The van der Waals surface area contributed by atoms with Gasteiger partial charge in [-0.2, -0.15) is 0 Å². The van der Waals surface area contributed by atoms with Crippen LogP contribution in [0, 0.1) is 0 Å². The van der Waals surface area contributed by atoms with Crippen LogP contribution in [-0.4, -0.2) is 18.1 Å². The first-order valence-corrected chi connectivity index (χ1v) is 5.39. The Morgan fingerprint density at radius 1 is 1.62 bits per heavy atom. The van der Waals surface area contributed by atoms with E-state index in [1.165, 1.54) is 12.8 Å². The van der Waals surface area contributed by atoms with E-state index < -0.39 is 0 Å². The number of anilines is 1. The molecular weight excluding hydrogens is 251 g/mol. The van der Waals surface area contributed by atoms with Crippen LogP contribution in [-0.2, 0) is 0 Å². The van der Waals surface area contributed by atoms with Crippen LogP contribution < -0.4 is 4.90 Å². The maximum absolute atomic E-state index is 5.81. The summed E-state index contributed by atoms with van der Waals surface area (Å²) in [7, 11) is 2.07. The molecule has 0 aliphatic heterocycles. The molecule has 1 heterocycles. The zero-order valence-electron chi connectivity index (χ0n) is 7.30. The minimum Gasteiger partial charge on any atom is -0.356 e. The largest absolute Gasteiger partial charge is 0.356 e. The average molecular weight is 262 g/mol. The lowest BCUT2D eigenvalue weighted by Gasteiger charge is -2.18. The fourth-order valence-electron chi connectivity index (χ4n) is 1.30. The fourth-order valence-corrected chi connectivity index (χ4v) is 2.22.